The van der Waals surface area contributed by atoms with Gasteiger partial charge in [-0.25, -0.2) is 0 Å². The Kier molecular flexibility index (Phi) is 5.98. The van der Waals surface area contributed by atoms with Crippen molar-refractivity contribution in [3.05, 3.63) is 23.3 Å². The lowest BCUT2D eigenvalue weighted by atomic mass is 9.50. The molecule has 0 saturated heterocycles. The zero-order valence-electron chi connectivity index (χ0n) is 19.0. The topological polar surface area (TPSA) is 93.1 Å². The Morgan fingerprint density at radius 3 is 2.27 bits per heavy atom. The number of aliphatic hydroxyl groups is 2. The zero-order chi connectivity index (χ0) is 22.6. The van der Waals surface area contributed by atoms with Crippen molar-refractivity contribution in [3.8, 4) is 0 Å². The van der Waals surface area contributed by atoms with Gasteiger partial charge in [0.1, 0.15) is 12.2 Å². The van der Waals surface area contributed by atoms with Gasteiger partial charge in [0.2, 0.25) is 0 Å². The third-order valence-electron chi connectivity index (χ3n) is 7.76. The van der Waals surface area contributed by atoms with Crippen LogP contribution in [0, 0.1) is 22.7 Å². The minimum atomic E-state index is -0.851. The molecule has 3 rings (SSSR count). The lowest BCUT2D eigenvalue weighted by molar-refractivity contribution is -0.168. The Bertz CT molecular complexity index is 781. The molecule has 0 aromatic rings. The summed E-state index contributed by atoms with van der Waals surface area (Å²) in [5.74, 6) is -1.55. The predicted molar refractivity (Wildman–Crippen MR) is 112 cm³/mol. The Morgan fingerprint density at radius 1 is 1.10 bits per heavy atom. The van der Waals surface area contributed by atoms with E-state index in [2.05, 4.69) is 13.5 Å². The number of hydrogen-bond acceptors (Lipinski definition) is 6. The molecule has 168 valence electrons. The average Bonchev–Trinajstić information content (AvgIpc) is 2.54. The largest absolute Gasteiger partial charge is 0.462 e. The van der Waals surface area contributed by atoms with Gasteiger partial charge in [0, 0.05) is 32.1 Å². The third-order valence-corrected chi connectivity index (χ3v) is 7.76. The molecule has 6 nitrogen and oxygen atoms in total. The van der Waals surface area contributed by atoms with Crippen molar-refractivity contribution in [1.82, 2.24) is 0 Å². The highest BCUT2D eigenvalue weighted by Gasteiger charge is 2.59. The highest BCUT2D eigenvalue weighted by Crippen LogP contribution is 2.59. The van der Waals surface area contributed by atoms with Crippen LogP contribution in [0.5, 0.6) is 0 Å². The van der Waals surface area contributed by atoms with E-state index in [9.17, 15) is 19.8 Å². The summed E-state index contributed by atoms with van der Waals surface area (Å²) in [6.45, 7) is 15.1. The Morgan fingerprint density at radius 2 is 1.70 bits per heavy atom. The summed E-state index contributed by atoms with van der Waals surface area (Å²) in [4.78, 5) is 23.5. The van der Waals surface area contributed by atoms with Crippen LogP contribution in [-0.2, 0) is 19.1 Å². The molecule has 2 N–H and O–H groups in total. The molecule has 3 aliphatic rings. The van der Waals surface area contributed by atoms with E-state index in [1.165, 1.54) is 13.8 Å². The molecule has 30 heavy (non-hydrogen) atoms. The summed E-state index contributed by atoms with van der Waals surface area (Å²) in [6, 6.07) is 0. The van der Waals surface area contributed by atoms with Gasteiger partial charge in [-0.3, -0.25) is 9.59 Å². The van der Waals surface area contributed by atoms with Crippen LogP contribution >= 0.6 is 0 Å². The lowest BCUT2D eigenvalue weighted by Crippen LogP contribution is -2.59. The van der Waals surface area contributed by atoms with E-state index in [1.54, 1.807) is 0 Å². The number of hydrogen-bond donors (Lipinski definition) is 2. The molecular weight excluding hydrogens is 384 g/mol. The first-order valence-electron chi connectivity index (χ1n) is 10.9. The van der Waals surface area contributed by atoms with Crippen LogP contribution in [0.15, 0.2) is 23.3 Å². The highest BCUT2D eigenvalue weighted by atomic mass is 16.5. The number of aliphatic hydroxyl groups excluding tert-OH is 2. The predicted octanol–water partition coefficient (Wildman–Crippen LogP) is 3.31. The van der Waals surface area contributed by atoms with Crippen LogP contribution in [0.3, 0.4) is 0 Å². The van der Waals surface area contributed by atoms with Crippen molar-refractivity contribution >= 4 is 11.9 Å². The van der Waals surface area contributed by atoms with Crippen molar-refractivity contribution in [2.24, 2.45) is 22.7 Å². The summed E-state index contributed by atoms with van der Waals surface area (Å²) in [6.07, 6.45) is -0.156. The van der Waals surface area contributed by atoms with Crippen molar-refractivity contribution in [2.75, 3.05) is 0 Å². The summed E-state index contributed by atoms with van der Waals surface area (Å²) in [7, 11) is 0. The molecule has 6 heteroatoms. The first-order chi connectivity index (χ1) is 13.8. The van der Waals surface area contributed by atoms with Gasteiger partial charge in [0.05, 0.1) is 12.2 Å². The van der Waals surface area contributed by atoms with E-state index < -0.39 is 41.2 Å². The Balaban J connectivity index is 2.13. The maximum Gasteiger partial charge on any atom is 0.303 e. The number of carbonyl (C=O) groups excluding carboxylic acids is 2. The number of fused-ring (bicyclic) bond motifs is 3. The van der Waals surface area contributed by atoms with Crippen molar-refractivity contribution < 1.29 is 29.3 Å². The molecule has 0 unspecified atom stereocenters. The van der Waals surface area contributed by atoms with Gasteiger partial charge in [-0.05, 0) is 48.2 Å². The van der Waals surface area contributed by atoms with Crippen LogP contribution in [0.2, 0.25) is 0 Å². The number of carbonyl (C=O) groups is 2. The minimum Gasteiger partial charge on any atom is -0.462 e. The van der Waals surface area contributed by atoms with E-state index in [1.807, 2.05) is 20.8 Å². The molecule has 0 aromatic carbocycles. The van der Waals surface area contributed by atoms with Crippen LogP contribution in [0.25, 0.3) is 0 Å². The second-order valence-electron chi connectivity index (χ2n) is 10.3. The average molecular weight is 421 g/mol. The fourth-order valence-electron chi connectivity index (χ4n) is 6.82. The monoisotopic (exact) mass is 420 g/mol. The van der Waals surface area contributed by atoms with Crippen LogP contribution in [0.4, 0.5) is 0 Å². The summed E-state index contributed by atoms with van der Waals surface area (Å²) in [5, 5.41) is 23.1. The van der Waals surface area contributed by atoms with Gasteiger partial charge in [-0.15, -0.1) is 0 Å². The molecule has 0 amide bonds. The molecule has 0 aliphatic heterocycles. The SMILES string of the molecule is C=C1[C@@H](OC(C)=O)CC[C@@]2(C)C[C@H](O)C3=C(C)C[C@H](OC(C)=O)[C@@H]([C@@H](O)[C@H]12)C3(C)C. The third kappa shape index (κ3) is 3.73. The van der Waals surface area contributed by atoms with E-state index in [0.717, 1.165) is 11.1 Å². The smallest absolute Gasteiger partial charge is 0.303 e. The van der Waals surface area contributed by atoms with Gasteiger partial charge in [-0.2, -0.15) is 0 Å². The minimum absolute atomic E-state index is 0.373. The first kappa shape index (κ1) is 23.0. The fourth-order valence-corrected chi connectivity index (χ4v) is 6.82. The highest BCUT2D eigenvalue weighted by molar-refractivity contribution is 5.67. The molecule has 2 fully saturated rings. The van der Waals surface area contributed by atoms with Crippen LogP contribution in [0.1, 0.15) is 67.2 Å². The molecule has 0 spiro atoms. The summed E-state index contributed by atoms with van der Waals surface area (Å²) in [5.41, 5.74) is 1.67. The Hall–Kier alpha value is -1.66. The van der Waals surface area contributed by atoms with Gasteiger partial charge < -0.3 is 19.7 Å². The molecule has 0 heterocycles. The number of rotatable bonds is 2. The molecule has 2 bridgehead atoms. The molecule has 2 saturated carbocycles. The second-order valence-corrected chi connectivity index (χ2v) is 10.3. The number of ether oxygens (including phenoxy) is 2. The molecule has 7 atom stereocenters. The Labute approximate surface area is 179 Å². The maximum atomic E-state index is 11.9. The van der Waals surface area contributed by atoms with E-state index in [0.29, 0.717) is 31.3 Å². The molecule has 3 aliphatic carbocycles. The zero-order valence-corrected chi connectivity index (χ0v) is 19.0. The van der Waals surface area contributed by atoms with Gasteiger partial charge in [0.25, 0.3) is 0 Å². The normalized spacial score (nSPS) is 40.7. The second kappa shape index (κ2) is 7.79. The first-order valence-corrected chi connectivity index (χ1v) is 10.9. The standard InChI is InChI=1S/C24H36O6/c1-12-10-18(30-15(4)26)21-22(28)20-13(2)17(29-14(3)25)8-9-24(20,7)11-16(27)19(12)23(21,5)6/h16-18,20-22,27-28H,2,8-11H2,1,3-7H3/t16-,17-,18-,20-,21-,22-,24-/m0/s1. The van der Waals surface area contributed by atoms with Gasteiger partial charge in [0.15, 0.2) is 0 Å². The van der Waals surface area contributed by atoms with E-state index >= 15 is 0 Å². The summed E-state index contributed by atoms with van der Waals surface area (Å²) >= 11 is 0. The van der Waals surface area contributed by atoms with Gasteiger partial charge >= 0.3 is 11.9 Å². The maximum absolute atomic E-state index is 11.9. The van der Waals surface area contributed by atoms with Crippen LogP contribution < -0.4 is 0 Å². The van der Waals surface area contributed by atoms with E-state index in [-0.39, 0.29) is 17.9 Å². The van der Waals surface area contributed by atoms with Crippen LogP contribution in [-0.4, -0.2) is 46.6 Å². The quantitative estimate of drug-likeness (QED) is 0.526. The molecular formula is C24H36O6. The van der Waals surface area contributed by atoms with Gasteiger partial charge in [-0.1, -0.05) is 32.9 Å². The van der Waals surface area contributed by atoms with Crippen molar-refractivity contribution in [3.63, 3.8) is 0 Å². The van der Waals surface area contributed by atoms with Crippen molar-refractivity contribution in [1.29, 1.82) is 0 Å². The fraction of sp³-hybridized carbons (Fsp3) is 0.750. The lowest BCUT2D eigenvalue weighted by Gasteiger charge is -2.58. The summed E-state index contributed by atoms with van der Waals surface area (Å²) < 4.78 is 11.2. The van der Waals surface area contributed by atoms with E-state index in [4.69, 9.17) is 9.47 Å². The molecule has 0 radical (unpaired) electrons. The van der Waals surface area contributed by atoms with Crippen molar-refractivity contribution in [2.45, 2.75) is 91.6 Å². The number of esters is 2. The molecule has 0 aromatic heterocycles.